The number of likely N-dealkylation sites (tertiary alicyclic amines) is 1. The van der Waals surface area contributed by atoms with Gasteiger partial charge in [0.2, 0.25) is 11.7 Å². The lowest BCUT2D eigenvalue weighted by atomic mass is 10.2. The van der Waals surface area contributed by atoms with Crippen molar-refractivity contribution in [3.63, 3.8) is 0 Å². The van der Waals surface area contributed by atoms with Crippen LogP contribution < -0.4 is 4.74 Å². The second-order valence-electron chi connectivity index (χ2n) is 8.03. The molecule has 0 aliphatic carbocycles. The highest BCUT2D eigenvalue weighted by Gasteiger charge is 2.20. The maximum atomic E-state index is 12.3. The van der Waals surface area contributed by atoms with E-state index < -0.39 is 6.10 Å². The Bertz CT molecular complexity index is 1280. The molecular formula is C23H23ClN6O3. The minimum atomic E-state index is -0.442. The van der Waals surface area contributed by atoms with Crippen LogP contribution >= 0.6 is 11.6 Å². The van der Waals surface area contributed by atoms with E-state index >= 15 is 0 Å². The van der Waals surface area contributed by atoms with Gasteiger partial charge >= 0.3 is 0 Å². The Morgan fingerprint density at radius 3 is 2.88 bits per heavy atom. The van der Waals surface area contributed by atoms with Crippen LogP contribution in [0.5, 0.6) is 5.75 Å². The third-order valence-electron chi connectivity index (χ3n) is 5.67. The number of benzene rings is 2. The summed E-state index contributed by atoms with van der Waals surface area (Å²) in [5.41, 5.74) is 2.32. The molecule has 2 aromatic carbocycles. The molecule has 2 aromatic heterocycles. The molecule has 1 amide bonds. The van der Waals surface area contributed by atoms with Crippen molar-refractivity contribution in [2.45, 2.75) is 38.8 Å². The molecule has 0 radical (unpaired) electrons. The first-order valence-electron chi connectivity index (χ1n) is 10.9. The first-order valence-corrected chi connectivity index (χ1v) is 11.3. The number of amides is 1. The number of aryl methyl sites for hydroxylation is 1. The molecule has 10 heteroatoms. The van der Waals surface area contributed by atoms with Crippen molar-refractivity contribution in [1.29, 1.82) is 0 Å². The largest absolute Gasteiger partial charge is 0.481 e. The molecule has 0 spiro atoms. The van der Waals surface area contributed by atoms with Gasteiger partial charge in [0, 0.05) is 30.1 Å². The molecule has 170 valence electrons. The van der Waals surface area contributed by atoms with Gasteiger partial charge in [0.1, 0.15) is 11.3 Å². The van der Waals surface area contributed by atoms with E-state index in [1.54, 1.807) is 16.8 Å². The van der Waals surface area contributed by atoms with Gasteiger partial charge in [0.25, 0.3) is 5.89 Å². The molecule has 9 nitrogen and oxygen atoms in total. The number of carbonyl (C=O) groups is 1. The van der Waals surface area contributed by atoms with Gasteiger partial charge < -0.3 is 14.2 Å². The fraction of sp³-hybridized carbons (Fsp3) is 0.348. The summed E-state index contributed by atoms with van der Waals surface area (Å²) in [7, 11) is 0. The van der Waals surface area contributed by atoms with Gasteiger partial charge in [0.15, 0.2) is 6.10 Å². The van der Waals surface area contributed by atoms with E-state index in [4.69, 9.17) is 20.9 Å². The van der Waals surface area contributed by atoms with E-state index in [2.05, 4.69) is 20.5 Å². The topological polar surface area (TPSA) is 99.2 Å². The van der Waals surface area contributed by atoms with E-state index in [0.29, 0.717) is 41.0 Å². The Kier molecular flexibility index (Phi) is 5.95. The quantitative estimate of drug-likeness (QED) is 0.400. The van der Waals surface area contributed by atoms with Crippen molar-refractivity contribution in [2.24, 2.45) is 0 Å². The molecule has 5 rings (SSSR count). The number of fused-ring (bicyclic) bond motifs is 1. The van der Waals surface area contributed by atoms with Gasteiger partial charge in [-0.3, -0.25) is 4.79 Å². The van der Waals surface area contributed by atoms with Crippen LogP contribution in [0.3, 0.4) is 0 Å². The number of aromatic nitrogens is 5. The summed E-state index contributed by atoms with van der Waals surface area (Å²) in [6.07, 6.45) is 2.15. The molecule has 1 aliphatic rings. The number of hydrogen-bond donors (Lipinski definition) is 0. The third kappa shape index (κ3) is 4.68. The van der Waals surface area contributed by atoms with Crippen LogP contribution in [0.1, 0.15) is 38.2 Å². The standard InChI is InChI=1S/C23H23ClN6O3/c1-15(32-18-6-4-5-17(24)14-18)23-25-22(27-33-23)16-7-8-20-19(13-16)26-28-30(20)12-9-21(31)29-10-2-3-11-29/h4-8,13-15H,2-3,9-12H2,1H3. The van der Waals surface area contributed by atoms with Crippen molar-refractivity contribution >= 4 is 28.5 Å². The van der Waals surface area contributed by atoms with Crippen molar-refractivity contribution in [1.82, 2.24) is 30.0 Å². The SMILES string of the molecule is CC(Oc1cccc(Cl)c1)c1nc(-c2ccc3c(c2)nnn3CCC(=O)N2CCCC2)no1. The molecule has 3 heterocycles. The van der Waals surface area contributed by atoms with Gasteiger partial charge in [-0.15, -0.1) is 5.10 Å². The number of hydrogen-bond acceptors (Lipinski definition) is 7. The molecule has 0 saturated carbocycles. The van der Waals surface area contributed by atoms with E-state index in [1.165, 1.54) is 0 Å². The average Bonchev–Trinajstić information content (AvgIpc) is 3.58. The van der Waals surface area contributed by atoms with Crippen LogP contribution in [0.4, 0.5) is 0 Å². The Balaban J connectivity index is 1.27. The van der Waals surface area contributed by atoms with Gasteiger partial charge in [-0.05, 0) is 56.2 Å². The monoisotopic (exact) mass is 466 g/mol. The van der Waals surface area contributed by atoms with Crippen LogP contribution in [0, 0.1) is 0 Å². The second-order valence-corrected chi connectivity index (χ2v) is 8.46. The van der Waals surface area contributed by atoms with Crippen LogP contribution in [-0.2, 0) is 11.3 Å². The average molecular weight is 467 g/mol. The summed E-state index contributed by atoms with van der Waals surface area (Å²) in [5, 5.41) is 13.1. The number of rotatable bonds is 7. The highest BCUT2D eigenvalue weighted by Crippen LogP contribution is 2.26. The predicted octanol–water partition coefficient (Wildman–Crippen LogP) is 4.29. The maximum absolute atomic E-state index is 12.3. The first kappa shape index (κ1) is 21.4. The van der Waals surface area contributed by atoms with Crippen LogP contribution in [-0.4, -0.2) is 49.0 Å². The van der Waals surface area contributed by atoms with Crippen molar-refractivity contribution in [3.05, 3.63) is 53.4 Å². The highest BCUT2D eigenvalue weighted by atomic mass is 35.5. The summed E-state index contributed by atoms with van der Waals surface area (Å²) >= 11 is 6.01. The molecular weight excluding hydrogens is 444 g/mol. The first-order chi connectivity index (χ1) is 16.1. The fourth-order valence-electron chi connectivity index (χ4n) is 3.92. The van der Waals surface area contributed by atoms with Crippen molar-refractivity contribution in [3.8, 4) is 17.1 Å². The lowest BCUT2D eigenvalue weighted by molar-refractivity contribution is -0.130. The molecule has 1 atom stereocenters. The Hall–Kier alpha value is -3.46. The van der Waals surface area contributed by atoms with E-state index in [0.717, 1.165) is 37.0 Å². The minimum Gasteiger partial charge on any atom is -0.481 e. The number of carbonyl (C=O) groups excluding carboxylic acids is 1. The molecule has 1 unspecified atom stereocenters. The smallest absolute Gasteiger partial charge is 0.267 e. The number of ether oxygens (including phenoxy) is 1. The molecule has 0 bridgehead atoms. The van der Waals surface area contributed by atoms with Crippen LogP contribution in [0.15, 0.2) is 47.0 Å². The third-order valence-corrected chi connectivity index (χ3v) is 5.90. The summed E-state index contributed by atoms with van der Waals surface area (Å²) < 4.78 is 13.0. The van der Waals surface area contributed by atoms with E-state index in [9.17, 15) is 4.79 Å². The lowest BCUT2D eigenvalue weighted by Crippen LogP contribution is -2.28. The van der Waals surface area contributed by atoms with Gasteiger partial charge in [-0.2, -0.15) is 4.98 Å². The highest BCUT2D eigenvalue weighted by molar-refractivity contribution is 6.30. The Morgan fingerprint density at radius 2 is 2.06 bits per heavy atom. The van der Waals surface area contributed by atoms with E-state index in [-0.39, 0.29) is 5.91 Å². The zero-order chi connectivity index (χ0) is 22.8. The molecule has 33 heavy (non-hydrogen) atoms. The Morgan fingerprint density at radius 1 is 1.21 bits per heavy atom. The minimum absolute atomic E-state index is 0.168. The molecule has 1 fully saturated rings. The van der Waals surface area contributed by atoms with Crippen LogP contribution in [0.25, 0.3) is 22.4 Å². The van der Waals surface area contributed by atoms with Crippen LogP contribution in [0.2, 0.25) is 5.02 Å². The second kappa shape index (κ2) is 9.19. The van der Waals surface area contributed by atoms with Gasteiger partial charge in [0.05, 0.1) is 12.1 Å². The Labute approximate surface area is 195 Å². The van der Waals surface area contributed by atoms with E-state index in [1.807, 2.05) is 42.2 Å². The summed E-state index contributed by atoms with van der Waals surface area (Å²) in [5.74, 6) is 1.58. The maximum Gasteiger partial charge on any atom is 0.267 e. The van der Waals surface area contributed by atoms with Crippen molar-refractivity contribution in [2.75, 3.05) is 13.1 Å². The zero-order valence-electron chi connectivity index (χ0n) is 18.1. The fourth-order valence-corrected chi connectivity index (χ4v) is 4.10. The summed E-state index contributed by atoms with van der Waals surface area (Å²) in [6.45, 7) is 4.04. The zero-order valence-corrected chi connectivity index (χ0v) is 18.9. The van der Waals surface area contributed by atoms with Gasteiger partial charge in [-0.1, -0.05) is 28.0 Å². The predicted molar refractivity (Wildman–Crippen MR) is 122 cm³/mol. The number of halogens is 1. The lowest BCUT2D eigenvalue weighted by Gasteiger charge is -2.14. The molecule has 1 aliphatic heterocycles. The normalized spacial score (nSPS) is 14.7. The molecule has 1 saturated heterocycles. The molecule has 0 N–H and O–H groups in total. The van der Waals surface area contributed by atoms with Crippen molar-refractivity contribution < 1.29 is 14.1 Å². The summed E-state index contributed by atoms with van der Waals surface area (Å²) in [4.78, 5) is 18.7. The van der Waals surface area contributed by atoms with Gasteiger partial charge in [-0.25, -0.2) is 4.68 Å². The summed E-state index contributed by atoms with van der Waals surface area (Å²) in [6, 6.07) is 12.8. The number of nitrogens with zero attached hydrogens (tertiary/aromatic N) is 6. The molecule has 4 aromatic rings.